The van der Waals surface area contributed by atoms with E-state index in [-0.39, 0.29) is 0 Å². The zero-order chi connectivity index (χ0) is 12.5. The lowest BCUT2D eigenvalue weighted by molar-refractivity contribution is 0.416. The number of aliphatic imine (C=N–C) groups is 1. The van der Waals surface area contributed by atoms with Crippen molar-refractivity contribution < 1.29 is 4.74 Å². The van der Waals surface area contributed by atoms with E-state index in [1.54, 1.807) is 7.11 Å². The average Bonchev–Trinajstić information content (AvgIpc) is 2.84. The first-order valence-electron chi connectivity index (χ1n) is 6.09. The summed E-state index contributed by atoms with van der Waals surface area (Å²) in [6.07, 6.45) is 2.90. The molecule has 0 aromatic heterocycles. The van der Waals surface area contributed by atoms with Crippen LogP contribution < -0.4 is 4.74 Å². The quantitative estimate of drug-likeness (QED) is 0.775. The molecule has 1 aliphatic heterocycles. The molecule has 2 heteroatoms. The SMILES string of the molecule is COc1ccccc1-c1cc2c(cc1C)N=CC2. The van der Waals surface area contributed by atoms with Crippen LogP contribution in [0, 0.1) is 6.92 Å². The first kappa shape index (κ1) is 11.0. The lowest BCUT2D eigenvalue weighted by Gasteiger charge is -2.12. The standard InChI is InChI=1S/C16H15NO/c1-11-9-15-12(7-8-17-15)10-14(11)13-5-3-4-6-16(13)18-2/h3-6,8-10H,7H2,1-2H3. The van der Waals surface area contributed by atoms with E-state index in [2.05, 4.69) is 30.1 Å². The van der Waals surface area contributed by atoms with Gasteiger partial charge >= 0.3 is 0 Å². The third kappa shape index (κ3) is 1.70. The number of benzene rings is 2. The zero-order valence-corrected chi connectivity index (χ0v) is 10.6. The first-order valence-corrected chi connectivity index (χ1v) is 6.09. The highest BCUT2D eigenvalue weighted by molar-refractivity contribution is 5.82. The number of ether oxygens (including phenoxy) is 1. The Bertz CT molecular complexity index is 629. The third-order valence-corrected chi connectivity index (χ3v) is 3.36. The van der Waals surface area contributed by atoms with E-state index in [1.165, 1.54) is 16.7 Å². The fraction of sp³-hybridized carbons (Fsp3) is 0.188. The highest BCUT2D eigenvalue weighted by Crippen LogP contribution is 2.36. The molecule has 1 aliphatic rings. The lowest BCUT2D eigenvalue weighted by atomic mass is 9.96. The Kier molecular flexibility index (Phi) is 2.63. The fourth-order valence-electron chi connectivity index (χ4n) is 2.42. The molecule has 2 aromatic carbocycles. The van der Waals surface area contributed by atoms with Gasteiger partial charge in [0.25, 0.3) is 0 Å². The Balaban J connectivity index is 2.18. The van der Waals surface area contributed by atoms with Gasteiger partial charge in [-0.15, -0.1) is 0 Å². The minimum Gasteiger partial charge on any atom is -0.496 e. The van der Waals surface area contributed by atoms with Crippen LogP contribution >= 0.6 is 0 Å². The van der Waals surface area contributed by atoms with Gasteiger partial charge in [-0.1, -0.05) is 18.2 Å². The zero-order valence-electron chi connectivity index (χ0n) is 10.6. The van der Waals surface area contributed by atoms with E-state index in [1.807, 2.05) is 24.4 Å². The Morgan fingerprint density at radius 1 is 1.11 bits per heavy atom. The molecule has 0 N–H and O–H groups in total. The summed E-state index contributed by atoms with van der Waals surface area (Å²) >= 11 is 0. The van der Waals surface area contributed by atoms with Crippen molar-refractivity contribution in [1.82, 2.24) is 0 Å². The number of para-hydroxylation sites is 1. The molecule has 3 rings (SSSR count). The normalized spacial score (nSPS) is 12.6. The van der Waals surface area contributed by atoms with Gasteiger partial charge in [-0.25, -0.2) is 0 Å². The van der Waals surface area contributed by atoms with Gasteiger partial charge in [0.1, 0.15) is 5.75 Å². The summed E-state index contributed by atoms with van der Waals surface area (Å²) in [4.78, 5) is 4.38. The van der Waals surface area contributed by atoms with Crippen LogP contribution in [0.3, 0.4) is 0 Å². The molecule has 18 heavy (non-hydrogen) atoms. The van der Waals surface area contributed by atoms with Crippen molar-refractivity contribution in [2.24, 2.45) is 4.99 Å². The van der Waals surface area contributed by atoms with Gasteiger partial charge in [0.15, 0.2) is 0 Å². The molecule has 0 aliphatic carbocycles. The smallest absolute Gasteiger partial charge is 0.126 e. The molecule has 0 bridgehead atoms. The Morgan fingerprint density at radius 3 is 2.78 bits per heavy atom. The highest BCUT2D eigenvalue weighted by Gasteiger charge is 2.13. The molecule has 0 saturated carbocycles. The van der Waals surface area contributed by atoms with Crippen molar-refractivity contribution in [2.75, 3.05) is 7.11 Å². The summed E-state index contributed by atoms with van der Waals surface area (Å²) in [6, 6.07) is 12.5. The Hall–Kier alpha value is -2.09. The van der Waals surface area contributed by atoms with Crippen molar-refractivity contribution in [2.45, 2.75) is 13.3 Å². The Labute approximate surface area is 107 Å². The van der Waals surface area contributed by atoms with Crippen molar-refractivity contribution >= 4 is 11.9 Å². The van der Waals surface area contributed by atoms with Gasteiger partial charge in [0, 0.05) is 18.2 Å². The molecule has 0 fully saturated rings. The van der Waals surface area contributed by atoms with E-state index in [0.717, 1.165) is 23.4 Å². The van der Waals surface area contributed by atoms with Crippen LogP contribution in [-0.2, 0) is 6.42 Å². The van der Waals surface area contributed by atoms with E-state index < -0.39 is 0 Å². The molecule has 0 atom stereocenters. The number of hydrogen-bond acceptors (Lipinski definition) is 2. The number of nitrogens with zero attached hydrogens (tertiary/aromatic N) is 1. The summed E-state index contributed by atoms with van der Waals surface area (Å²) in [5.41, 5.74) is 6.01. The summed E-state index contributed by atoms with van der Waals surface area (Å²) in [5, 5.41) is 0. The van der Waals surface area contributed by atoms with Crippen LogP contribution in [0.2, 0.25) is 0 Å². The molecule has 0 saturated heterocycles. The molecule has 1 heterocycles. The lowest BCUT2D eigenvalue weighted by Crippen LogP contribution is -1.91. The third-order valence-electron chi connectivity index (χ3n) is 3.36. The number of aryl methyl sites for hydroxylation is 1. The molecule has 0 amide bonds. The van der Waals surface area contributed by atoms with Crippen LogP contribution in [0.15, 0.2) is 41.4 Å². The summed E-state index contributed by atoms with van der Waals surface area (Å²) < 4.78 is 5.44. The van der Waals surface area contributed by atoms with E-state index in [0.29, 0.717) is 0 Å². The van der Waals surface area contributed by atoms with Crippen molar-refractivity contribution in [3.8, 4) is 16.9 Å². The molecule has 90 valence electrons. The maximum atomic E-state index is 5.44. The van der Waals surface area contributed by atoms with Crippen LogP contribution in [0.5, 0.6) is 5.75 Å². The molecular formula is C16H15NO. The van der Waals surface area contributed by atoms with Crippen molar-refractivity contribution in [1.29, 1.82) is 0 Å². The van der Waals surface area contributed by atoms with Gasteiger partial charge in [0.2, 0.25) is 0 Å². The predicted molar refractivity (Wildman–Crippen MR) is 75.0 cm³/mol. The molecule has 0 unspecified atom stereocenters. The average molecular weight is 237 g/mol. The van der Waals surface area contributed by atoms with Gasteiger partial charge in [-0.05, 0) is 41.8 Å². The van der Waals surface area contributed by atoms with Gasteiger partial charge < -0.3 is 4.74 Å². The summed E-state index contributed by atoms with van der Waals surface area (Å²) in [7, 11) is 1.71. The molecule has 0 spiro atoms. The topological polar surface area (TPSA) is 21.6 Å². The molecule has 2 aromatic rings. The van der Waals surface area contributed by atoms with Gasteiger partial charge in [-0.3, -0.25) is 4.99 Å². The number of methoxy groups -OCH3 is 1. The summed E-state index contributed by atoms with van der Waals surface area (Å²) in [6.45, 7) is 2.12. The maximum Gasteiger partial charge on any atom is 0.126 e. The van der Waals surface area contributed by atoms with Crippen LogP contribution in [0.25, 0.3) is 11.1 Å². The van der Waals surface area contributed by atoms with E-state index >= 15 is 0 Å². The highest BCUT2D eigenvalue weighted by atomic mass is 16.5. The van der Waals surface area contributed by atoms with Crippen LogP contribution in [0.1, 0.15) is 11.1 Å². The van der Waals surface area contributed by atoms with Gasteiger partial charge in [0.05, 0.1) is 12.8 Å². The molecule has 2 nitrogen and oxygen atoms in total. The Morgan fingerprint density at radius 2 is 1.94 bits per heavy atom. The molecular weight excluding hydrogens is 222 g/mol. The van der Waals surface area contributed by atoms with Crippen molar-refractivity contribution in [3.63, 3.8) is 0 Å². The number of fused-ring (bicyclic) bond motifs is 1. The van der Waals surface area contributed by atoms with Crippen LogP contribution in [0.4, 0.5) is 5.69 Å². The van der Waals surface area contributed by atoms with E-state index in [4.69, 9.17) is 4.74 Å². The number of hydrogen-bond donors (Lipinski definition) is 0. The maximum absolute atomic E-state index is 5.44. The second-order valence-corrected chi connectivity index (χ2v) is 4.51. The molecule has 0 radical (unpaired) electrons. The minimum absolute atomic E-state index is 0.916. The number of rotatable bonds is 2. The van der Waals surface area contributed by atoms with Gasteiger partial charge in [-0.2, -0.15) is 0 Å². The minimum atomic E-state index is 0.916. The largest absolute Gasteiger partial charge is 0.496 e. The van der Waals surface area contributed by atoms with Crippen LogP contribution in [-0.4, -0.2) is 13.3 Å². The first-order chi connectivity index (χ1) is 8.79. The second-order valence-electron chi connectivity index (χ2n) is 4.51. The second kappa shape index (κ2) is 4.30. The van der Waals surface area contributed by atoms with Crippen molar-refractivity contribution in [3.05, 3.63) is 47.5 Å². The predicted octanol–water partition coefficient (Wildman–Crippen LogP) is 3.93. The van der Waals surface area contributed by atoms with E-state index in [9.17, 15) is 0 Å². The fourth-order valence-corrected chi connectivity index (χ4v) is 2.42. The summed E-state index contributed by atoms with van der Waals surface area (Å²) in [5.74, 6) is 0.916. The monoisotopic (exact) mass is 237 g/mol.